The zero-order chi connectivity index (χ0) is 23.1. The summed E-state index contributed by atoms with van der Waals surface area (Å²) in [4.78, 5) is 29.6. The van der Waals surface area contributed by atoms with Crippen LogP contribution >= 0.6 is 0 Å². The number of carbonyl (C=O) groups excluding carboxylic acids is 2. The Hall–Kier alpha value is -3.91. The number of nitrogens with zero attached hydrogens (tertiary/aromatic N) is 2. The fraction of sp³-hybridized carbons (Fsp3) is 0.160. The number of ketones is 1. The second-order valence-corrected chi connectivity index (χ2v) is 8.07. The minimum Gasteiger partial charge on any atom is -0.392 e. The summed E-state index contributed by atoms with van der Waals surface area (Å²) >= 11 is 0. The van der Waals surface area contributed by atoms with Crippen LogP contribution in [0, 0.1) is 11.6 Å². The Morgan fingerprint density at radius 3 is 2.79 bits per heavy atom. The van der Waals surface area contributed by atoms with Gasteiger partial charge in [-0.05, 0) is 41.8 Å². The molecule has 8 heteroatoms. The lowest BCUT2D eigenvalue weighted by Gasteiger charge is -2.15. The maximum absolute atomic E-state index is 14.4. The molecule has 1 aliphatic carbocycles. The Kier molecular flexibility index (Phi) is 5.22. The lowest BCUT2D eigenvalue weighted by Crippen LogP contribution is -2.18. The number of aliphatic hydroxyl groups is 1. The summed E-state index contributed by atoms with van der Waals surface area (Å²) in [6, 6.07) is 13.7. The van der Waals surface area contributed by atoms with E-state index in [9.17, 15) is 23.5 Å². The zero-order valence-corrected chi connectivity index (χ0v) is 17.3. The van der Waals surface area contributed by atoms with Gasteiger partial charge in [-0.25, -0.2) is 13.8 Å². The molecule has 0 aliphatic heterocycles. The standard InChI is InChI=1S/C25H19F2N3O3/c26-16-7-8-30-21(13-28-24(30)11-16)25(33)29-20-9-15(5-6-19(20)27)22(31)12-18-17-4-2-1-3-14(17)10-23(18)32/h1-9,11,13,18,23,32H,10,12H2,(H,29,33)/t18-,23+/m0/s1. The lowest BCUT2D eigenvalue weighted by molar-refractivity contribution is 0.0920. The van der Waals surface area contributed by atoms with Gasteiger partial charge in [0.25, 0.3) is 5.91 Å². The molecule has 33 heavy (non-hydrogen) atoms. The normalized spacial score (nSPS) is 17.2. The molecule has 0 spiro atoms. The molecule has 166 valence electrons. The molecule has 2 aromatic heterocycles. The van der Waals surface area contributed by atoms with Gasteiger partial charge in [-0.2, -0.15) is 0 Å². The zero-order valence-electron chi connectivity index (χ0n) is 17.3. The molecule has 2 heterocycles. The van der Waals surface area contributed by atoms with E-state index >= 15 is 0 Å². The van der Waals surface area contributed by atoms with Crippen LogP contribution in [0.2, 0.25) is 0 Å². The van der Waals surface area contributed by atoms with Gasteiger partial charge in [-0.3, -0.25) is 14.0 Å². The van der Waals surface area contributed by atoms with E-state index in [1.807, 2.05) is 24.3 Å². The number of hydrogen-bond donors (Lipinski definition) is 2. The fourth-order valence-corrected chi connectivity index (χ4v) is 4.32. The third-order valence-electron chi connectivity index (χ3n) is 6.00. The van der Waals surface area contributed by atoms with Crippen LogP contribution in [-0.4, -0.2) is 32.3 Å². The number of fused-ring (bicyclic) bond motifs is 2. The second kappa shape index (κ2) is 8.22. The lowest BCUT2D eigenvalue weighted by atomic mass is 9.91. The van der Waals surface area contributed by atoms with Crippen LogP contribution in [0.3, 0.4) is 0 Å². The minimum absolute atomic E-state index is 0.0655. The van der Waals surface area contributed by atoms with Gasteiger partial charge >= 0.3 is 0 Å². The van der Waals surface area contributed by atoms with Gasteiger partial charge in [0.1, 0.15) is 23.0 Å². The van der Waals surface area contributed by atoms with E-state index in [1.165, 1.54) is 41.1 Å². The number of aliphatic hydroxyl groups excluding tert-OH is 1. The predicted octanol–water partition coefficient (Wildman–Crippen LogP) is 4.14. The van der Waals surface area contributed by atoms with E-state index < -0.39 is 23.6 Å². The van der Waals surface area contributed by atoms with E-state index in [1.54, 1.807) is 0 Å². The number of rotatable bonds is 5. The quantitative estimate of drug-likeness (QED) is 0.451. The fourth-order valence-electron chi connectivity index (χ4n) is 4.32. The first-order chi connectivity index (χ1) is 15.9. The number of carbonyl (C=O) groups is 2. The third kappa shape index (κ3) is 3.89. The van der Waals surface area contributed by atoms with Gasteiger partial charge in [0.15, 0.2) is 5.78 Å². The van der Waals surface area contributed by atoms with Crippen molar-refractivity contribution < 1.29 is 23.5 Å². The number of benzene rings is 2. The number of pyridine rings is 1. The van der Waals surface area contributed by atoms with Crippen LogP contribution < -0.4 is 5.32 Å². The van der Waals surface area contributed by atoms with Gasteiger partial charge in [-0.15, -0.1) is 0 Å². The number of hydrogen-bond acceptors (Lipinski definition) is 4. The smallest absolute Gasteiger partial charge is 0.274 e. The Balaban J connectivity index is 1.37. The molecule has 0 saturated carbocycles. The first kappa shape index (κ1) is 21.0. The van der Waals surface area contributed by atoms with E-state index in [2.05, 4.69) is 10.3 Å². The van der Waals surface area contributed by atoms with Gasteiger partial charge in [0.05, 0.1) is 18.0 Å². The number of halogens is 2. The Morgan fingerprint density at radius 1 is 1.12 bits per heavy atom. The molecule has 6 nitrogen and oxygen atoms in total. The van der Waals surface area contributed by atoms with Crippen molar-refractivity contribution in [1.29, 1.82) is 0 Å². The highest BCUT2D eigenvalue weighted by Gasteiger charge is 2.32. The van der Waals surface area contributed by atoms with Crippen LogP contribution in [-0.2, 0) is 6.42 Å². The summed E-state index contributed by atoms with van der Waals surface area (Å²) in [5.74, 6) is -2.46. The van der Waals surface area contributed by atoms with Crippen molar-refractivity contribution in [3.63, 3.8) is 0 Å². The maximum Gasteiger partial charge on any atom is 0.274 e. The minimum atomic E-state index is -0.703. The first-order valence-electron chi connectivity index (χ1n) is 10.4. The molecule has 4 aromatic rings. The third-order valence-corrected chi connectivity index (χ3v) is 6.00. The summed E-state index contributed by atoms with van der Waals surface area (Å²) in [6.45, 7) is 0. The van der Waals surface area contributed by atoms with Crippen molar-refractivity contribution in [3.8, 4) is 0 Å². The molecular formula is C25H19F2N3O3. The summed E-state index contributed by atoms with van der Waals surface area (Å²) in [7, 11) is 0. The molecule has 2 N–H and O–H groups in total. The van der Waals surface area contributed by atoms with E-state index in [-0.39, 0.29) is 40.7 Å². The SMILES string of the molecule is O=C(C[C@H]1c2ccccc2C[C@H]1O)c1ccc(F)c(NC(=O)c2cnc3cc(F)ccn23)c1. The van der Waals surface area contributed by atoms with E-state index in [0.29, 0.717) is 6.42 Å². The maximum atomic E-state index is 14.4. The molecule has 0 saturated heterocycles. The molecule has 1 amide bonds. The topological polar surface area (TPSA) is 83.7 Å². The van der Waals surface area contributed by atoms with Crippen LogP contribution in [0.5, 0.6) is 0 Å². The molecule has 0 radical (unpaired) electrons. The van der Waals surface area contributed by atoms with E-state index in [4.69, 9.17) is 0 Å². The number of anilines is 1. The van der Waals surface area contributed by atoms with Crippen molar-refractivity contribution in [2.45, 2.75) is 24.9 Å². The average molecular weight is 447 g/mol. The van der Waals surface area contributed by atoms with Crippen molar-refractivity contribution in [2.24, 2.45) is 0 Å². The second-order valence-electron chi connectivity index (χ2n) is 8.07. The van der Waals surface area contributed by atoms with Crippen molar-refractivity contribution in [1.82, 2.24) is 9.38 Å². The molecule has 0 unspecified atom stereocenters. The summed E-state index contributed by atoms with van der Waals surface area (Å²) in [5.41, 5.74) is 2.35. The summed E-state index contributed by atoms with van der Waals surface area (Å²) in [5, 5.41) is 12.9. The van der Waals surface area contributed by atoms with E-state index in [0.717, 1.165) is 17.2 Å². The number of nitrogens with one attached hydrogen (secondary N) is 1. The van der Waals surface area contributed by atoms with Crippen LogP contribution in [0.1, 0.15) is 44.3 Å². The molecule has 1 aliphatic rings. The van der Waals surface area contributed by atoms with Crippen LogP contribution in [0.4, 0.5) is 14.5 Å². The number of imidazole rings is 1. The Morgan fingerprint density at radius 2 is 1.94 bits per heavy atom. The van der Waals surface area contributed by atoms with Gasteiger partial charge < -0.3 is 10.4 Å². The van der Waals surface area contributed by atoms with Crippen molar-refractivity contribution in [3.05, 3.63) is 101 Å². The highest BCUT2D eigenvalue weighted by atomic mass is 19.1. The van der Waals surface area contributed by atoms with Crippen molar-refractivity contribution >= 4 is 23.0 Å². The highest BCUT2D eigenvalue weighted by Crippen LogP contribution is 2.36. The van der Waals surface area contributed by atoms with Gasteiger partial charge in [0, 0.05) is 30.2 Å². The first-order valence-corrected chi connectivity index (χ1v) is 10.4. The predicted molar refractivity (Wildman–Crippen MR) is 117 cm³/mol. The van der Waals surface area contributed by atoms with Crippen LogP contribution in [0.25, 0.3) is 5.65 Å². The largest absolute Gasteiger partial charge is 0.392 e. The highest BCUT2D eigenvalue weighted by molar-refractivity contribution is 6.04. The number of aromatic nitrogens is 2. The number of Topliss-reactive ketones (excluding diaryl/α,β-unsaturated/α-hetero) is 1. The molecule has 2 atom stereocenters. The molecule has 0 fully saturated rings. The monoisotopic (exact) mass is 447 g/mol. The summed E-state index contributed by atoms with van der Waals surface area (Å²) in [6.07, 6.45) is 2.51. The molecule has 0 bridgehead atoms. The van der Waals surface area contributed by atoms with Gasteiger partial charge in [0.2, 0.25) is 0 Å². The van der Waals surface area contributed by atoms with Gasteiger partial charge in [-0.1, -0.05) is 24.3 Å². The summed E-state index contributed by atoms with van der Waals surface area (Å²) < 4.78 is 29.2. The molecule has 2 aromatic carbocycles. The Labute approximate surface area is 187 Å². The Bertz CT molecular complexity index is 1400. The number of amides is 1. The van der Waals surface area contributed by atoms with Crippen LogP contribution in [0.15, 0.2) is 67.0 Å². The van der Waals surface area contributed by atoms with Crippen molar-refractivity contribution in [2.75, 3.05) is 5.32 Å². The average Bonchev–Trinajstić information content (AvgIpc) is 3.35. The molecular weight excluding hydrogens is 428 g/mol. The molecule has 5 rings (SSSR count).